The topological polar surface area (TPSA) is 124 Å². The fraction of sp³-hybridized carbons (Fsp3) is 0.522. The molecule has 2 aliphatic heterocycles. The highest BCUT2D eigenvalue weighted by molar-refractivity contribution is 5.83. The molecule has 2 aliphatic rings. The molecule has 0 bridgehead atoms. The molecular formula is C23H25F3N6O4. The zero-order chi connectivity index (χ0) is 25.9. The first-order chi connectivity index (χ1) is 17.2. The Hall–Kier alpha value is -3.66. The van der Waals surface area contributed by atoms with Crippen LogP contribution in [0.5, 0.6) is 5.75 Å². The Morgan fingerprint density at radius 3 is 2.58 bits per heavy atom. The Bertz CT molecular complexity index is 1170. The SMILES string of the molecule is C[C@@H](COC1CCN(C2CCN(c3ccc(C#N)cn3)CC2)C1=O)Oc1cn[nH]c(=O)c1C(F)(F)F. The van der Waals surface area contributed by atoms with E-state index >= 15 is 0 Å². The number of piperidine rings is 1. The van der Waals surface area contributed by atoms with Gasteiger partial charge in [-0.1, -0.05) is 0 Å². The van der Waals surface area contributed by atoms with Crippen LogP contribution in [0.1, 0.15) is 37.3 Å². The number of hydrogen-bond donors (Lipinski definition) is 1. The van der Waals surface area contributed by atoms with E-state index in [2.05, 4.69) is 15.0 Å². The summed E-state index contributed by atoms with van der Waals surface area (Å²) >= 11 is 0. The van der Waals surface area contributed by atoms with Crippen LogP contribution in [-0.4, -0.2) is 70.5 Å². The van der Waals surface area contributed by atoms with Crippen molar-refractivity contribution in [3.05, 3.63) is 46.0 Å². The summed E-state index contributed by atoms with van der Waals surface area (Å²) < 4.78 is 50.5. The molecule has 36 heavy (non-hydrogen) atoms. The van der Waals surface area contributed by atoms with Crippen molar-refractivity contribution in [1.29, 1.82) is 5.26 Å². The smallest absolute Gasteiger partial charge is 0.425 e. The van der Waals surface area contributed by atoms with E-state index in [9.17, 15) is 22.8 Å². The van der Waals surface area contributed by atoms with Crippen molar-refractivity contribution in [1.82, 2.24) is 20.1 Å². The van der Waals surface area contributed by atoms with Gasteiger partial charge in [0.2, 0.25) is 0 Å². The molecule has 2 fully saturated rings. The Balaban J connectivity index is 1.27. The van der Waals surface area contributed by atoms with Gasteiger partial charge in [0, 0.05) is 38.3 Å². The van der Waals surface area contributed by atoms with Crippen LogP contribution in [0.3, 0.4) is 0 Å². The number of ether oxygens (including phenoxy) is 2. The largest absolute Gasteiger partial charge is 0.486 e. The number of rotatable bonds is 7. The first kappa shape index (κ1) is 25.4. The van der Waals surface area contributed by atoms with Crippen LogP contribution in [0, 0.1) is 11.3 Å². The lowest BCUT2D eigenvalue weighted by molar-refractivity contribution is -0.141. The molecule has 2 atom stereocenters. The molecular weight excluding hydrogens is 481 g/mol. The van der Waals surface area contributed by atoms with Crippen LogP contribution in [0.15, 0.2) is 29.3 Å². The number of likely N-dealkylation sites (tertiary alicyclic amines) is 1. The number of nitrogens with one attached hydrogen (secondary N) is 1. The van der Waals surface area contributed by atoms with Crippen LogP contribution in [0.2, 0.25) is 0 Å². The van der Waals surface area contributed by atoms with Gasteiger partial charge in [0.05, 0.1) is 18.4 Å². The standard InChI is InChI=1S/C23H25F3N6O4/c1-14(36-18-12-29-30-21(33)20(18)23(24,25)26)13-35-17-6-9-32(22(17)34)16-4-7-31(8-5-16)19-3-2-15(10-27)11-28-19/h2-3,11-12,14,16-17H,4-9,13H2,1H3,(H,30,33)/t14-,17?/m0/s1. The van der Waals surface area contributed by atoms with Gasteiger partial charge < -0.3 is 19.3 Å². The van der Waals surface area contributed by atoms with E-state index in [4.69, 9.17) is 14.7 Å². The molecule has 2 aromatic heterocycles. The molecule has 0 spiro atoms. The molecule has 10 nitrogen and oxygen atoms in total. The normalized spacial score (nSPS) is 19.9. The van der Waals surface area contributed by atoms with E-state index in [0.717, 1.165) is 37.9 Å². The Kier molecular flexibility index (Phi) is 7.44. The van der Waals surface area contributed by atoms with Gasteiger partial charge in [0.15, 0.2) is 11.3 Å². The number of H-pyrrole nitrogens is 1. The molecule has 192 valence electrons. The number of nitrogens with zero attached hydrogens (tertiary/aromatic N) is 5. The van der Waals surface area contributed by atoms with E-state index < -0.39 is 35.3 Å². The predicted molar refractivity (Wildman–Crippen MR) is 120 cm³/mol. The molecule has 1 N–H and O–H groups in total. The monoisotopic (exact) mass is 506 g/mol. The fourth-order valence-electron chi connectivity index (χ4n) is 4.48. The minimum Gasteiger partial charge on any atom is -0.486 e. The van der Waals surface area contributed by atoms with Crippen LogP contribution in [0.25, 0.3) is 0 Å². The van der Waals surface area contributed by atoms with E-state index in [1.54, 1.807) is 11.2 Å². The fourth-order valence-corrected chi connectivity index (χ4v) is 4.48. The lowest BCUT2D eigenvalue weighted by Gasteiger charge is -2.37. The first-order valence-corrected chi connectivity index (χ1v) is 11.5. The van der Waals surface area contributed by atoms with Crippen molar-refractivity contribution < 1.29 is 27.4 Å². The third kappa shape index (κ3) is 5.59. The molecule has 2 saturated heterocycles. The van der Waals surface area contributed by atoms with E-state index in [1.807, 2.05) is 17.0 Å². The van der Waals surface area contributed by atoms with Crippen molar-refractivity contribution in [2.45, 2.75) is 50.6 Å². The highest BCUT2D eigenvalue weighted by Crippen LogP contribution is 2.33. The lowest BCUT2D eigenvalue weighted by Crippen LogP contribution is -2.47. The van der Waals surface area contributed by atoms with Gasteiger partial charge in [-0.3, -0.25) is 9.59 Å². The minimum absolute atomic E-state index is 0.0610. The van der Waals surface area contributed by atoms with Crippen LogP contribution in [0.4, 0.5) is 19.0 Å². The van der Waals surface area contributed by atoms with Gasteiger partial charge >= 0.3 is 6.18 Å². The van der Waals surface area contributed by atoms with Crippen LogP contribution >= 0.6 is 0 Å². The minimum atomic E-state index is -4.90. The second-order valence-corrected chi connectivity index (χ2v) is 8.74. The quantitative estimate of drug-likeness (QED) is 0.606. The summed E-state index contributed by atoms with van der Waals surface area (Å²) in [5.41, 5.74) is -2.36. The Morgan fingerprint density at radius 2 is 1.94 bits per heavy atom. The molecule has 1 amide bonds. The number of amides is 1. The predicted octanol–water partition coefficient (Wildman–Crippen LogP) is 2.11. The number of aromatic amines is 1. The van der Waals surface area contributed by atoms with Crippen LogP contribution in [-0.2, 0) is 15.7 Å². The number of hydrogen-bond acceptors (Lipinski definition) is 8. The Labute approximate surface area is 204 Å². The summed E-state index contributed by atoms with van der Waals surface area (Å²) in [6.45, 7) is 3.34. The summed E-state index contributed by atoms with van der Waals surface area (Å²) in [7, 11) is 0. The van der Waals surface area contributed by atoms with E-state index in [1.165, 1.54) is 13.1 Å². The van der Waals surface area contributed by atoms with Gasteiger partial charge in [-0.25, -0.2) is 10.1 Å². The second kappa shape index (κ2) is 10.5. The van der Waals surface area contributed by atoms with Crippen molar-refractivity contribution in [2.75, 3.05) is 31.1 Å². The number of nitriles is 1. The molecule has 2 aromatic rings. The molecule has 4 heterocycles. The number of carbonyl (C=O) groups excluding carboxylic acids is 1. The molecule has 0 aliphatic carbocycles. The van der Waals surface area contributed by atoms with Crippen molar-refractivity contribution in [3.63, 3.8) is 0 Å². The summed E-state index contributed by atoms with van der Waals surface area (Å²) in [4.78, 5) is 32.7. The number of pyridine rings is 1. The maximum absolute atomic E-state index is 13.2. The number of halogens is 3. The number of aromatic nitrogens is 3. The average molecular weight is 506 g/mol. The highest BCUT2D eigenvalue weighted by atomic mass is 19.4. The van der Waals surface area contributed by atoms with Gasteiger partial charge in [0.1, 0.15) is 24.1 Å². The Morgan fingerprint density at radius 1 is 1.19 bits per heavy atom. The van der Waals surface area contributed by atoms with Crippen LogP contribution < -0.4 is 15.2 Å². The molecule has 13 heteroatoms. The van der Waals surface area contributed by atoms with Gasteiger partial charge in [-0.2, -0.15) is 23.5 Å². The zero-order valence-electron chi connectivity index (χ0n) is 19.5. The summed E-state index contributed by atoms with van der Waals surface area (Å²) in [6, 6.07) is 5.64. The maximum atomic E-state index is 13.2. The van der Waals surface area contributed by atoms with Gasteiger partial charge in [0.25, 0.3) is 11.5 Å². The number of anilines is 1. The number of carbonyl (C=O) groups is 1. The summed E-state index contributed by atoms with van der Waals surface area (Å²) in [5, 5.41) is 14.0. The second-order valence-electron chi connectivity index (χ2n) is 8.74. The summed E-state index contributed by atoms with van der Waals surface area (Å²) in [5.74, 6) is -0.0455. The molecule has 1 unspecified atom stereocenters. The van der Waals surface area contributed by atoms with Gasteiger partial charge in [-0.05, 0) is 31.9 Å². The third-order valence-corrected chi connectivity index (χ3v) is 6.26. The van der Waals surface area contributed by atoms with E-state index in [0.29, 0.717) is 18.5 Å². The lowest BCUT2D eigenvalue weighted by atomic mass is 10.0. The van der Waals surface area contributed by atoms with Crippen molar-refractivity contribution >= 4 is 11.7 Å². The highest BCUT2D eigenvalue weighted by Gasteiger charge is 2.40. The molecule has 0 saturated carbocycles. The average Bonchev–Trinajstić information content (AvgIpc) is 3.22. The summed E-state index contributed by atoms with van der Waals surface area (Å²) in [6.07, 6.45) is -2.13. The molecule has 0 aromatic carbocycles. The zero-order valence-corrected chi connectivity index (χ0v) is 19.5. The van der Waals surface area contributed by atoms with Crippen molar-refractivity contribution in [3.8, 4) is 11.8 Å². The first-order valence-electron chi connectivity index (χ1n) is 11.5. The van der Waals surface area contributed by atoms with E-state index in [-0.39, 0.29) is 18.6 Å². The molecule has 0 radical (unpaired) electrons. The number of alkyl halides is 3. The maximum Gasteiger partial charge on any atom is 0.425 e. The third-order valence-electron chi connectivity index (χ3n) is 6.26. The molecule has 4 rings (SSSR count). The van der Waals surface area contributed by atoms with Crippen molar-refractivity contribution in [2.24, 2.45) is 0 Å². The van der Waals surface area contributed by atoms with Gasteiger partial charge in [-0.15, -0.1) is 0 Å².